The molecule has 0 saturated heterocycles. The molecule has 0 bridgehead atoms. The summed E-state index contributed by atoms with van der Waals surface area (Å²) in [6.45, 7) is 3.09. The van der Waals surface area contributed by atoms with Crippen LogP contribution in [0.4, 0.5) is 5.82 Å². The first-order valence-electron chi connectivity index (χ1n) is 7.46. The zero-order valence-corrected chi connectivity index (χ0v) is 12.0. The van der Waals surface area contributed by atoms with E-state index in [4.69, 9.17) is 0 Å². The van der Waals surface area contributed by atoms with Crippen molar-refractivity contribution in [2.45, 2.75) is 39.0 Å². The van der Waals surface area contributed by atoms with Crippen LogP contribution in [0.1, 0.15) is 35.2 Å². The maximum atomic E-state index is 4.42. The minimum absolute atomic E-state index is 0.925. The second-order valence-electron chi connectivity index (χ2n) is 5.46. The lowest BCUT2D eigenvalue weighted by molar-refractivity contribution is 0.663. The fourth-order valence-electron chi connectivity index (χ4n) is 2.88. The number of fused-ring (bicyclic) bond motifs is 1. The SMILES string of the molecule is Cc1ccccc1CCNc1ncnc2c1CCCC2. The number of hydrogen-bond donors (Lipinski definition) is 1. The van der Waals surface area contributed by atoms with Crippen LogP contribution in [0, 0.1) is 6.92 Å². The van der Waals surface area contributed by atoms with Gasteiger partial charge in [0, 0.05) is 17.8 Å². The van der Waals surface area contributed by atoms with Gasteiger partial charge in [-0.25, -0.2) is 9.97 Å². The van der Waals surface area contributed by atoms with E-state index in [2.05, 4.69) is 46.5 Å². The van der Waals surface area contributed by atoms with Gasteiger partial charge in [0.05, 0.1) is 0 Å². The lowest BCUT2D eigenvalue weighted by Crippen LogP contribution is -2.14. The van der Waals surface area contributed by atoms with Crippen LogP contribution in [0.2, 0.25) is 0 Å². The van der Waals surface area contributed by atoms with E-state index in [-0.39, 0.29) is 0 Å². The second kappa shape index (κ2) is 6.04. The third kappa shape index (κ3) is 2.82. The van der Waals surface area contributed by atoms with E-state index in [0.29, 0.717) is 0 Å². The molecule has 1 heterocycles. The molecule has 1 aromatic carbocycles. The Morgan fingerprint density at radius 1 is 1.10 bits per heavy atom. The Kier molecular flexibility index (Phi) is 3.95. The van der Waals surface area contributed by atoms with Gasteiger partial charge < -0.3 is 5.32 Å². The molecule has 3 rings (SSSR count). The molecule has 0 unspecified atom stereocenters. The van der Waals surface area contributed by atoms with Crippen molar-refractivity contribution < 1.29 is 0 Å². The Bertz CT molecular complexity index is 593. The summed E-state index contributed by atoms with van der Waals surface area (Å²) in [7, 11) is 0. The average Bonchev–Trinajstić information content (AvgIpc) is 2.49. The summed E-state index contributed by atoms with van der Waals surface area (Å²) >= 11 is 0. The predicted octanol–water partition coefficient (Wildman–Crippen LogP) is 3.32. The highest BCUT2D eigenvalue weighted by atomic mass is 15.0. The maximum Gasteiger partial charge on any atom is 0.132 e. The van der Waals surface area contributed by atoms with Gasteiger partial charge in [-0.05, 0) is 50.2 Å². The fourth-order valence-corrected chi connectivity index (χ4v) is 2.88. The number of aryl methyl sites for hydroxylation is 2. The summed E-state index contributed by atoms with van der Waals surface area (Å²) < 4.78 is 0. The molecule has 0 spiro atoms. The van der Waals surface area contributed by atoms with E-state index < -0.39 is 0 Å². The topological polar surface area (TPSA) is 37.8 Å². The van der Waals surface area contributed by atoms with Crippen LogP contribution in [0.25, 0.3) is 0 Å². The van der Waals surface area contributed by atoms with Gasteiger partial charge in [-0.1, -0.05) is 24.3 Å². The number of nitrogens with zero attached hydrogens (tertiary/aromatic N) is 2. The first kappa shape index (κ1) is 13.1. The van der Waals surface area contributed by atoms with Crippen LogP contribution in [0.5, 0.6) is 0 Å². The molecule has 1 N–H and O–H groups in total. The van der Waals surface area contributed by atoms with Gasteiger partial charge in [0.25, 0.3) is 0 Å². The minimum atomic E-state index is 0.925. The van der Waals surface area contributed by atoms with Crippen LogP contribution >= 0.6 is 0 Å². The number of rotatable bonds is 4. The molecule has 0 atom stereocenters. The lowest BCUT2D eigenvalue weighted by Gasteiger charge is -2.18. The van der Waals surface area contributed by atoms with Crippen LogP contribution < -0.4 is 5.32 Å². The van der Waals surface area contributed by atoms with Crippen LogP contribution in [-0.4, -0.2) is 16.5 Å². The van der Waals surface area contributed by atoms with Crippen molar-refractivity contribution in [2.75, 3.05) is 11.9 Å². The molecule has 1 aliphatic carbocycles. The second-order valence-corrected chi connectivity index (χ2v) is 5.46. The van der Waals surface area contributed by atoms with Gasteiger partial charge in [-0.3, -0.25) is 0 Å². The predicted molar refractivity (Wildman–Crippen MR) is 82.0 cm³/mol. The molecule has 0 radical (unpaired) electrons. The van der Waals surface area contributed by atoms with Gasteiger partial charge in [-0.2, -0.15) is 0 Å². The molecule has 3 heteroatoms. The van der Waals surface area contributed by atoms with E-state index in [1.54, 1.807) is 6.33 Å². The van der Waals surface area contributed by atoms with E-state index in [0.717, 1.165) is 31.6 Å². The zero-order valence-electron chi connectivity index (χ0n) is 12.0. The van der Waals surface area contributed by atoms with Crippen LogP contribution in [0.3, 0.4) is 0 Å². The first-order chi connectivity index (χ1) is 9.84. The van der Waals surface area contributed by atoms with Crippen molar-refractivity contribution in [1.29, 1.82) is 0 Å². The Morgan fingerprint density at radius 3 is 2.85 bits per heavy atom. The van der Waals surface area contributed by atoms with Crippen molar-refractivity contribution in [3.05, 3.63) is 53.0 Å². The van der Waals surface area contributed by atoms with Gasteiger partial charge in [0.15, 0.2) is 0 Å². The molecule has 1 aliphatic rings. The quantitative estimate of drug-likeness (QED) is 0.923. The summed E-state index contributed by atoms with van der Waals surface area (Å²) in [5.74, 6) is 1.04. The molecule has 3 nitrogen and oxygen atoms in total. The standard InChI is InChI=1S/C17H21N3/c1-13-6-2-3-7-14(13)10-11-18-17-15-8-4-5-9-16(15)19-12-20-17/h2-3,6-7,12H,4-5,8-11H2,1H3,(H,18,19,20). The van der Waals surface area contributed by atoms with Crippen molar-refractivity contribution in [3.8, 4) is 0 Å². The summed E-state index contributed by atoms with van der Waals surface area (Å²) in [5.41, 5.74) is 5.34. The van der Waals surface area contributed by atoms with Crippen LogP contribution in [-0.2, 0) is 19.3 Å². The first-order valence-corrected chi connectivity index (χ1v) is 7.46. The number of hydrogen-bond acceptors (Lipinski definition) is 3. The molecule has 0 saturated carbocycles. The minimum Gasteiger partial charge on any atom is -0.369 e. The molecule has 104 valence electrons. The molecule has 20 heavy (non-hydrogen) atoms. The van der Waals surface area contributed by atoms with Crippen LogP contribution in [0.15, 0.2) is 30.6 Å². The maximum absolute atomic E-state index is 4.42. The van der Waals surface area contributed by atoms with Crippen molar-refractivity contribution in [3.63, 3.8) is 0 Å². The van der Waals surface area contributed by atoms with Gasteiger partial charge in [0.1, 0.15) is 12.1 Å². The normalized spacial score (nSPS) is 13.8. The number of nitrogens with one attached hydrogen (secondary N) is 1. The number of anilines is 1. The summed E-state index contributed by atoms with van der Waals surface area (Å²) in [6.07, 6.45) is 7.46. The highest BCUT2D eigenvalue weighted by Crippen LogP contribution is 2.24. The Hall–Kier alpha value is -1.90. The summed E-state index contributed by atoms with van der Waals surface area (Å²) in [4.78, 5) is 8.83. The largest absolute Gasteiger partial charge is 0.369 e. The smallest absolute Gasteiger partial charge is 0.132 e. The van der Waals surface area contributed by atoms with Gasteiger partial charge in [0.2, 0.25) is 0 Å². The Morgan fingerprint density at radius 2 is 1.95 bits per heavy atom. The van der Waals surface area contributed by atoms with Crippen molar-refractivity contribution in [1.82, 2.24) is 9.97 Å². The molecule has 0 amide bonds. The zero-order chi connectivity index (χ0) is 13.8. The molecule has 0 aliphatic heterocycles. The monoisotopic (exact) mass is 267 g/mol. The number of benzene rings is 1. The number of aromatic nitrogens is 2. The average molecular weight is 267 g/mol. The van der Waals surface area contributed by atoms with E-state index >= 15 is 0 Å². The highest BCUT2D eigenvalue weighted by molar-refractivity contribution is 5.47. The van der Waals surface area contributed by atoms with Crippen molar-refractivity contribution in [2.24, 2.45) is 0 Å². The van der Waals surface area contributed by atoms with Gasteiger partial charge in [-0.15, -0.1) is 0 Å². The Balaban J connectivity index is 1.66. The van der Waals surface area contributed by atoms with E-state index in [9.17, 15) is 0 Å². The molecule has 0 fully saturated rings. The fraction of sp³-hybridized carbons (Fsp3) is 0.412. The summed E-state index contributed by atoms with van der Waals surface area (Å²) in [6, 6.07) is 8.57. The lowest BCUT2D eigenvalue weighted by atomic mass is 9.96. The molecule has 2 aromatic rings. The highest BCUT2D eigenvalue weighted by Gasteiger charge is 2.14. The molecular weight excluding hydrogens is 246 g/mol. The molecular formula is C17H21N3. The summed E-state index contributed by atoms with van der Waals surface area (Å²) in [5, 5.41) is 3.50. The van der Waals surface area contributed by atoms with Crippen molar-refractivity contribution >= 4 is 5.82 Å². The van der Waals surface area contributed by atoms with E-state index in [1.165, 1.54) is 35.2 Å². The van der Waals surface area contributed by atoms with Gasteiger partial charge >= 0.3 is 0 Å². The molecule has 1 aromatic heterocycles. The third-order valence-electron chi connectivity index (χ3n) is 4.07. The third-order valence-corrected chi connectivity index (χ3v) is 4.07. The Labute approximate surface area is 120 Å². The van der Waals surface area contributed by atoms with E-state index in [1.807, 2.05) is 0 Å².